The molecule has 0 heterocycles. The van der Waals surface area contributed by atoms with Crippen LogP contribution in [0.5, 0.6) is 0 Å². The first-order chi connectivity index (χ1) is 16.3. The fourth-order valence-corrected chi connectivity index (χ4v) is 5.26. The maximum Gasteiger partial charge on any atom is 0.410 e. The Labute approximate surface area is 202 Å². The molecule has 2 rings (SSSR count). The van der Waals surface area contributed by atoms with Crippen LogP contribution < -0.4 is 0 Å². The first-order valence-corrected chi connectivity index (χ1v) is 13.0. The minimum absolute atomic E-state index is 0.0197. The zero-order valence-electron chi connectivity index (χ0n) is 19.8. The summed E-state index contributed by atoms with van der Waals surface area (Å²) in [6.07, 6.45) is 1.62. The number of carbonyl (C=O) groups is 2. The van der Waals surface area contributed by atoms with Gasteiger partial charge in [0.15, 0.2) is 0 Å². The summed E-state index contributed by atoms with van der Waals surface area (Å²) in [6, 6.07) is 18.4. The van der Waals surface area contributed by atoms with E-state index in [0.717, 1.165) is 34.5 Å². The average molecular weight is 491 g/mol. The predicted octanol–water partition coefficient (Wildman–Crippen LogP) is 4.47. The van der Waals surface area contributed by atoms with Crippen LogP contribution in [0.2, 0.25) is 0 Å². The maximum atomic E-state index is 13.5. The number of unbranched alkanes of at least 4 members (excludes halogenated alkanes) is 2. The lowest BCUT2D eigenvalue weighted by atomic mass is 10.1. The highest BCUT2D eigenvalue weighted by molar-refractivity contribution is 7.90. The molecule has 186 valence electrons. The lowest BCUT2D eigenvalue weighted by Gasteiger charge is -2.33. The summed E-state index contributed by atoms with van der Waals surface area (Å²) in [6.45, 7) is 2.93. The quantitative estimate of drug-likeness (QED) is 0.310. The second-order valence-corrected chi connectivity index (χ2v) is 9.89. The Bertz CT molecular complexity index is 999. The first-order valence-electron chi connectivity index (χ1n) is 11.5. The van der Waals surface area contributed by atoms with Crippen LogP contribution in [0.15, 0.2) is 60.7 Å². The largest absolute Gasteiger partial charge is 0.465 e. The molecule has 34 heavy (non-hydrogen) atoms. The monoisotopic (exact) mass is 490 g/mol. The number of hydrogen-bond donors (Lipinski definition) is 1. The van der Waals surface area contributed by atoms with Gasteiger partial charge in [0, 0.05) is 20.0 Å². The van der Waals surface area contributed by atoms with Crippen molar-refractivity contribution in [3.8, 4) is 0 Å². The van der Waals surface area contributed by atoms with Crippen LogP contribution in [0.25, 0.3) is 0 Å². The van der Waals surface area contributed by atoms with Crippen LogP contribution in [-0.4, -0.2) is 53.4 Å². The van der Waals surface area contributed by atoms with Gasteiger partial charge in [0.1, 0.15) is 0 Å². The van der Waals surface area contributed by atoms with Gasteiger partial charge in [0.25, 0.3) is 15.6 Å². The number of benzene rings is 2. The molecule has 0 aliphatic rings. The van der Waals surface area contributed by atoms with Crippen LogP contribution >= 0.6 is 0 Å². The van der Waals surface area contributed by atoms with Crippen molar-refractivity contribution in [2.75, 3.05) is 13.1 Å². The number of aryl methyl sites for hydroxylation is 1. The number of nitrogens with zero attached hydrogens (tertiary/aromatic N) is 2. The third-order valence-electron chi connectivity index (χ3n) is 5.32. The summed E-state index contributed by atoms with van der Waals surface area (Å²) in [4.78, 5) is 25.2. The molecule has 2 amide bonds. The van der Waals surface area contributed by atoms with Crippen LogP contribution in [0, 0.1) is 0 Å². The van der Waals surface area contributed by atoms with Gasteiger partial charge in [-0.3, -0.25) is 9.69 Å². The third-order valence-corrected chi connectivity index (χ3v) is 7.28. The van der Waals surface area contributed by atoms with Gasteiger partial charge in [0.05, 0.1) is 6.61 Å². The minimum atomic E-state index is -4.45. The minimum Gasteiger partial charge on any atom is -0.465 e. The smallest absolute Gasteiger partial charge is 0.410 e. The van der Waals surface area contributed by atoms with Crippen LogP contribution in [0.4, 0.5) is 4.79 Å². The molecule has 0 bridgehead atoms. The van der Waals surface area contributed by atoms with E-state index < -0.39 is 27.6 Å². The Balaban J connectivity index is 2.29. The highest BCUT2D eigenvalue weighted by atomic mass is 32.2. The zero-order chi connectivity index (χ0) is 25.0. The SMILES string of the molecule is CCCCCN(C(C)=O)S(=O)(=O)[C@H](OCc1ccccc1)N(CCCc1ccccc1)C(=O)O. The van der Waals surface area contributed by atoms with Crippen molar-refractivity contribution >= 4 is 22.0 Å². The van der Waals surface area contributed by atoms with Gasteiger partial charge in [-0.2, -0.15) is 0 Å². The molecule has 8 nitrogen and oxygen atoms in total. The van der Waals surface area contributed by atoms with Crippen molar-refractivity contribution in [2.45, 2.75) is 58.1 Å². The van der Waals surface area contributed by atoms with Gasteiger partial charge < -0.3 is 9.84 Å². The lowest BCUT2D eigenvalue weighted by Crippen LogP contribution is -2.53. The Kier molecular flexibility index (Phi) is 11.0. The zero-order valence-corrected chi connectivity index (χ0v) is 20.6. The lowest BCUT2D eigenvalue weighted by molar-refractivity contribution is -0.124. The van der Waals surface area contributed by atoms with Crippen molar-refractivity contribution in [1.82, 2.24) is 9.21 Å². The molecule has 1 N–H and O–H groups in total. The van der Waals surface area contributed by atoms with Gasteiger partial charge in [-0.05, 0) is 30.4 Å². The molecule has 0 aromatic heterocycles. The number of carbonyl (C=O) groups excluding carboxylic acids is 1. The topological polar surface area (TPSA) is 104 Å². The second kappa shape index (κ2) is 13.7. The summed E-state index contributed by atoms with van der Waals surface area (Å²) in [5.41, 5.74) is -0.133. The van der Waals surface area contributed by atoms with Gasteiger partial charge in [-0.15, -0.1) is 0 Å². The van der Waals surface area contributed by atoms with E-state index in [-0.39, 0.29) is 19.7 Å². The summed E-state index contributed by atoms with van der Waals surface area (Å²) in [7, 11) is -4.45. The molecule has 0 spiro atoms. The Morgan fingerprint density at radius 1 is 0.912 bits per heavy atom. The maximum absolute atomic E-state index is 13.5. The Morgan fingerprint density at radius 3 is 2.03 bits per heavy atom. The number of ether oxygens (including phenoxy) is 1. The van der Waals surface area contributed by atoms with E-state index in [1.165, 1.54) is 0 Å². The molecule has 1 atom stereocenters. The van der Waals surface area contributed by atoms with E-state index in [4.69, 9.17) is 4.74 Å². The van der Waals surface area contributed by atoms with Gasteiger partial charge >= 0.3 is 6.09 Å². The number of rotatable bonds is 14. The van der Waals surface area contributed by atoms with Crippen molar-refractivity contribution in [1.29, 1.82) is 0 Å². The fourth-order valence-electron chi connectivity index (χ4n) is 3.55. The highest BCUT2D eigenvalue weighted by Crippen LogP contribution is 2.20. The summed E-state index contributed by atoms with van der Waals surface area (Å²) in [5.74, 6) is -0.668. The van der Waals surface area contributed by atoms with E-state index in [1.807, 2.05) is 43.3 Å². The summed E-state index contributed by atoms with van der Waals surface area (Å²) in [5, 5.41) is 9.91. The average Bonchev–Trinajstić information content (AvgIpc) is 2.81. The molecule has 0 aliphatic heterocycles. The summed E-state index contributed by atoms with van der Waals surface area (Å²) >= 11 is 0. The van der Waals surface area contributed by atoms with E-state index in [1.54, 1.807) is 24.3 Å². The molecule has 0 unspecified atom stereocenters. The van der Waals surface area contributed by atoms with Crippen molar-refractivity contribution in [3.05, 3.63) is 71.8 Å². The van der Waals surface area contributed by atoms with Crippen LogP contribution in [-0.2, 0) is 32.6 Å². The normalized spacial score (nSPS) is 12.2. The summed E-state index contributed by atoms with van der Waals surface area (Å²) < 4.78 is 33.5. The number of carboxylic acid groups (broad SMARTS) is 1. The van der Waals surface area contributed by atoms with Crippen molar-refractivity contribution < 1.29 is 27.9 Å². The van der Waals surface area contributed by atoms with E-state index in [2.05, 4.69) is 0 Å². The molecule has 9 heteroatoms. The Morgan fingerprint density at radius 2 is 1.50 bits per heavy atom. The van der Waals surface area contributed by atoms with Crippen LogP contribution in [0.3, 0.4) is 0 Å². The Hall–Kier alpha value is -2.91. The van der Waals surface area contributed by atoms with Gasteiger partial charge in [-0.1, -0.05) is 80.4 Å². The highest BCUT2D eigenvalue weighted by Gasteiger charge is 2.41. The molecule has 2 aromatic carbocycles. The molecule has 0 fully saturated rings. The molecule has 2 aromatic rings. The van der Waals surface area contributed by atoms with Gasteiger partial charge in [0.2, 0.25) is 5.91 Å². The van der Waals surface area contributed by atoms with Crippen molar-refractivity contribution in [3.63, 3.8) is 0 Å². The second-order valence-electron chi connectivity index (χ2n) is 8.01. The standard InChI is InChI=1S/C25H34N2O6S/c1-3-4-11-19-27(21(2)28)34(31,32)25(33-20-23-15-9-6-10-16-23)26(24(29)30)18-12-17-22-13-7-5-8-14-22/h5-10,13-16,25H,3-4,11-12,17-20H2,1-2H3,(H,29,30)/t25-/m0/s1. The van der Waals surface area contributed by atoms with E-state index in [0.29, 0.717) is 24.8 Å². The number of sulfonamides is 1. The molecule has 0 radical (unpaired) electrons. The van der Waals surface area contributed by atoms with E-state index >= 15 is 0 Å². The molecule has 0 saturated carbocycles. The van der Waals surface area contributed by atoms with Crippen LogP contribution in [0.1, 0.15) is 50.7 Å². The van der Waals surface area contributed by atoms with E-state index in [9.17, 15) is 23.1 Å². The molecule has 0 saturated heterocycles. The molecular weight excluding hydrogens is 456 g/mol. The fraction of sp³-hybridized carbons (Fsp3) is 0.440. The number of amides is 2. The molecule has 0 aliphatic carbocycles. The predicted molar refractivity (Wildman–Crippen MR) is 130 cm³/mol. The third kappa shape index (κ3) is 8.14. The molecular formula is C25H34N2O6S. The number of hydrogen-bond acceptors (Lipinski definition) is 5. The first kappa shape index (κ1) is 27.3. The van der Waals surface area contributed by atoms with Gasteiger partial charge in [-0.25, -0.2) is 17.5 Å². The van der Waals surface area contributed by atoms with Crippen molar-refractivity contribution in [2.24, 2.45) is 0 Å².